The number of nitrogens with one attached hydrogen (secondary N) is 1. The number of pyridine rings is 1. The van der Waals surface area contributed by atoms with Gasteiger partial charge in [0.1, 0.15) is 5.75 Å². The fourth-order valence-corrected chi connectivity index (χ4v) is 2.80. The minimum atomic E-state index is -0.333. The van der Waals surface area contributed by atoms with Gasteiger partial charge in [0.15, 0.2) is 0 Å². The maximum Gasteiger partial charge on any atom is 0.253 e. The standard InChI is InChI=1S/C14H21N3O2/c1-10-4-2-3-5-14(10,9-15)17-13(19)11-6-12(18)8-16-7-11/h6-8,10,18H,2-5,9,15H2,1H3,(H,17,19). The molecule has 1 aromatic heterocycles. The van der Waals surface area contributed by atoms with Gasteiger partial charge in [-0.1, -0.05) is 19.8 Å². The molecule has 1 fully saturated rings. The molecule has 0 spiro atoms. The third kappa shape index (κ3) is 2.87. The molecule has 1 aliphatic rings. The number of carbonyl (C=O) groups is 1. The van der Waals surface area contributed by atoms with E-state index in [9.17, 15) is 9.90 Å². The van der Waals surface area contributed by atoms with Crippen LogP contribution in [-0.2, 0) is 0 Å². The van der Waals surface area contributed by atoms with Crippen molar-refractivity contribution in [3.05, 3.63) is 24.0 Å². The summed E-state index contributed by atoms with van der Waals surface area (Å²) in [6.45, 7) is 2.57. The predicted octanol–water partition coefficient (Wildman–Crippen LogP) is 1.42. The highest BCUT2D eigenvalue weighted by Gasteiger charge is 2.38. The molecule has 1 saturated carbocycles. The summed E-state index contributed by atoms with van der Waals surface area (Å²) < 4.78 is 0. The largest absolute Gasteiger partial charge is 0.506 e. The third-order valence-electron chi connectivity index (χ3n) is 4.17. The molecule has 0 aliphatic heterocycles. The number of aromatic hydroxyl groups is 1. The van der Waals surface area contributed by atoms with Gasteiger partial charge in [0, 0.05) is 12.7 Å². The first-order valence-corrected chi connectivity index (χ1v) is 6.74. The highest BCUT2D eigenvalue weighted by atomic mass is 16.3. The zero-order valence-corrected chi connectivity index (χ0v) is 11.2. The summed E-state index contributed by atoms with van der Waals surface area (Å²) in [6, 6.07) is 1.42. The van der Waals surface area contributed by atoms with Crippen molar-refractivity contribution in [3.8, 4) is 5.75 Å². The maximum absolute atomic E-state index is 12.3. The van der Waals surface area contributed by atoms with Gasteiger partial charge in [-0.25, -0.2) is 0 Å². The van der Waals surface area contributed by atoms with Crippen molar-refractivity contribution < 1.29 is 9.90 Å². The van der Waals surface area contributed by atoms with E-state index in [1.54, 1.807) is 0 Å². The lowest BCUT2D eigenvalue weighted by atomic mass is 9.73. The average molecular weight is 263 g/mol. The lowest BCUT2D eigenvalue weighted by Gasteiger charge is -2.42. The van der Waals surface area contributed by atoms with Crippen LogP contribution in [0.25, 0.3) is 0 Å². The Bertz CT molecular complexity index is 464. The summed E-state index contributed by atoms with van der Waals surface area (Å²) in [5, 5.41) is 12.4. The molecule has 1 aromatic rings. The molecule has 5 nitrogen and oxygen atoms in total. The Morgan fingerprint density at radius 3 is 3.00 bits per heavy atom. The number of nitrogens with two attached hydrogens (primary N) is 1. The van der Waals surface area contributed by atoms with Gasteiger partial charge >= 0.3 is 0 Å². The molecule has 2 atom stereocenters. The minimum Gasteiger partial charge on any atom is -0.506 e. The Kier molecular flexibility index (Phi) is 4.04. The topological polar surface area (TPSA) is 88.2 Å². The molecule has 0 saturated heterocycles. The molecule has 0 radical (unpaired) electrons. The monoisotopic (exact) mass is 263 g/mol. The lowest BCUT2D eigenvalue weighted by Crippen LogP contribution is -2.59. The number of carbonyl (C=O) groups excluding carboxylic acids is 1. The Morgan fingerprint density at radius 2 is 2.37 bits per heavy atom. The van der Waals surface area contributed by atoms with Crippen molar-refractivity contribution in [2.24, 2.45) is 11.7 Å². The number of nitrogens with zero attached hydrogens (tertiary/aromatic N) is 1. The van der Waals surface area contributed by atoms with Crippen LogP contribution in [0.15, 0.2) is 18.5 Å². The second kappa shape index (κ2) is 5.57. The van der Waals surface area contributed by atoms with E-state index in [1.807, 2.05) is 0 Å². The number of hydrogen-bond acceptors (Lipinski definition) is 4. The molecule has 5 heteroatoms. The number of hydrogen-bond donors (Lipinski definition) is 3. The van der Waals surface area contributed by atoms with Crippen LogP contribution in [-0.4, -0.2) is 28.1 Å². The Balaban J connectivity index is 2.16. The first-order valence-electron chi connectivity index (χ1n) is 6.74. The van der Waals surface area contributed by atoms with E-state index in [2.05, 4.69) is 17.2 Å². The van der Waals surface area contributed by atoms with Crippen molar-refractivity contribution in [3.63, 3.8) is 0 Å². The SMILES string of the molecule is CC1CCCCC1(CN)NC(=O)c1cncc(O)c1. The molecule has 1 heterocycles. The molecule has 0 bridgehead atoms. The van der Waals surface area contributed by atoms with Crippen LogP contribution in [0.4, 0.5) is 0 Å². The molecular formula is C14H21N3O2. The Labute approximate surface area is 113 Å². The molecule has 1 aliphatic carbocycles. The van der Waals surface area contributed by atoms with E-state index in [1.165, 1.54) is 24.9 Å². The van der Waals surface area contributed by atoms with Crippen molar-refractivity contribution in [1.82, 2.24) is 10.3 Å². The van der Waals surface area contributed by atoms with E-state index < -0.39 is 0 Å². The fraction of sp³-hybridized carbons (Fsp3) is 0.571. The summed E-state index contributed by atoms with van der Waals surface area (Å²) in [4.78, 5) is 16.1. The second-order valence-corrected chi connectivity index (χ2v) is 5.39. The number of aromatic nitrogens is 1. The van der Waals surface area contributed by atoms with Crippen molar-refractivity contribution in [2.45, 2.75) is 38.1 Å². The molecule has 0 aromatic carbocycles. The van der Waals surface area contributed by atoms with Gasteiger partial charge in [-0.2, -0.15) is 0 Å². The van der Waals surface area contributed by atoms with E-state index in [0.29, 0.717) is 18.0 Å². The van der Waals surface area contributed by atoms with Crippen LogP contribution in [0.2, 0.25) is 0 Å². The van der Waals surface area contributed by atoms with Crippen LogP contribution in [0.1, 0.15) is 43.0 Å². The van der Waals surface area contributed by atoms with Crippen molar-refractivity contribution in [1.29, 1.82) is 0 Å². The van der Waals surface area contributed by atoms with E-state index in [4.69, 9.17) is 5.73 Å². The fourth-order valence-electron chi connectivity index (χ4n) is 2.80. The zero-order chi connectivity index (χ0) is 13.9. The summed E-state index contributed by atoms with van der Waals surface area (Å²) in [5.74, 6) is 0.134. The Morgan fingerprint density at radius 1 is 1.58 bits per heavy atom. The summed E-state index contributed by atoms with van der Waals surface area (Å²) in [7, 11) is 0. The maximum atomic E-state index is 12.3. The van der Waals surface area contributed by atoms with E-state index >= 15 is 0 Å². The van der Waals surface area contributed by atoms with Gasteiger partial charge in [0.2, 0.25) is 0 Å². The smallest absolute Gasteiger partial charge is 0.253 e. The first-order chi connectivity index (χ1) is 9.07. The van der Waals surface area contributed by atoms with Crippen LogP contribution < -0.4 is 11.1 Å². The Hall–Kier alpha value is -1.62. The predicted molar refractivity (Wildman–Crippen MR) is 72.8 cm³/mol. The lowest BCUT2D eigenvalue weighted by molar-refractivity contribution is 0.0812. The molecule has 2 rings (SSSR count). The van der Waals surface area contributed by atoms with Crippen molar-refractivity contribution in [2.75, 3.05) is 6.54 Å². The van der Waals surface area contributed by atoms with Crippen LogP contribution in [0, 0.1) is 5.92 Å². The summed E-state index contributed by atoms with van der Waals surface area (Å²) >= 11 is 0. The zero-order valence-electron chi connectivity index (χ0n) is 11.2. The number of amides is 1. The third-order valence-corrected chi connectivity index (χ3v) is 4.17. The van der Waals surface area contributed by atoms with Gasteiger partial charge < -0.3 is 16.2 Å². The average Bonchev–Trinajstić information content (AvgIpc) is 2.41. The van der Waals surface area contributed by atoms with Gasteiger partial charge in [-0.15, -0.1) is 0 Å². The van der Waals surface area contributed by atoms with E-state index in [0.717, 1.165) is 19.3 Å². The molecule has 104 valence electrons. The van der Waals surface area contributed by atoms with Gasteiger partial charge in [0.05, 0.1) is 17.3 Å². The van der Waals surface area contributed by atoms with Crippen LogP contribution in [0.5, 0.6) is 5.75 Å². The quantitative estimate of drug-likeness (QED) is 0.769. The van der Waals surface area contributed by atoms with E-state index in [-0.39, 0.29) is 17.2 Å². The molecular weight excluding hydrogens is 242 g/mol. The summed E-state index contributed by atoms with van der Waals surface area (Å²) in [5.41, 5.74) is 5.94. The molecule has 19 heavy (non-hydrogen) atoms. The van der Waals surface area contributed by atoms with Gasteiger partial charge in [-0.05, 0) is 24.8 Å². The normalized spacial score (nSPS) is 26.9. The highest BCUT2D eigenvalue weighted by Crippen LogP contribution is 2.33. The first kappa shape index (κ1) is 13.8. The van der Waals surface area contributed by atoms with Gasteiger partial charge in [0.25, 0.3) is 5.91 Å². The molecule has 1 amide bonds. The van der Waals surface area contributed by atoms with Crippen LogP contribution in [0.3, 0.4) is 0 Å². The molecule has 2 unspecified atom stereocenters. The minimum absolute atomic E-state index is 0.00820. The van der Waals surface area contributed by atoms with Crippen LogP contribution >= 0.6 is 0 Å². The number of rotatable bonds is 3. The second-order valence-electron chi connectivity index (χ2n) is 5.39. The highest BCUT2D eigenvalue weighted by molar-refractivity contribution is 5.94. The van der Waals surface area contributed by atoms with Crippen molar-refractivity contribution >= 4 is 5.91 Å². The molecule has 4 N–H and O–H groups in total. The summed E-state index contributed by atoms with van der Waals surface area (Å²) in [6.07, 6.45) is 7.01. The van der Waals surface area contributed by atoms with Gasteiger partial charge in [-0.3, -0.25) is 9.78 Å².